The summed E-state index contributed by atoms with van der Waals surface area (Å²) in [6.07, 6.45) is 4.59. The number of rotatable bonds is 8. The Morgan fingerprint density at radius 1 is 1.50 bits per heavy atom. The predicted molar refractivity (Wildman–Crippen MR) is 104 cm³/mol. The number of carbonyl (C=O) groups is 1. The number of nitrogens with zero attached hydrogens (tertiary/aromatic N) is 1. The van der Waals surface area contributed by atoms with Crippen molar-refractivity contribution in [3.05, 3.63) is 59.8 Å². The topological polar surface area (TPSA) is 41.6 Å². The highest BCUT2D eigenvalue weighted by Gasteiger charge is 2.16. The SMILES string of the molecule is C=C/C=C(\C(=C)Cl)N(C=O)C(=S)Nc1ccc(OCCC)cc1C. The number of amides is 1. The molecular weight excluding hydrogens is 344 g/mol. The van der Waals surface area contributed by atoms with Crippen molar-refractivity contribution in [2.24, 2.45) is 0 Å². The molecule has 1 rings (SSSR count). The molecule has 1 amide bonds. The summed E-state index contributed by atoms with van der Waals surface area (Å²) in [6.45, 7) is 11.9. The van der Waals surface area contributed by atoms with Crippen LogP contribution >= 0.6 is 23.8 Å². The van der Waals surface area contributed by atoms with E-state index in [9.17, 15) is 4.79 Å². The molecule has 128 valence electrons. The number of hydrogen-bond acceptors (Lipinski definition) is 3. The Balaban J connectivity index is 2.96. The van der Waals surface area contributed by atoms with E-state index in [0.717, 1.165) is 23.4 Å². The molecule has 0 atom stereocenters. The Labute approximate surface area is 153 Å². The maximum absolute atomic E-state index is 11.4. The molecule has 0 aromatic heterocycles. The molecule has 1 aromatic rings. The quantitative estimate of drug-likeness (QED) is 0.410. The van der Waals surface area contributed by atoms with Gasteiger partial charge in [-0.3, -0.25) is 9.69 Å². The first-order valence-electron chi connectivity index (χ1n) is 7.41. The summed E-state index contributed by atoms with van der Waals surface area (Å²) in [6, 6.07) is 5.61. The van der Waals surface area contributed by atoms with E-state index in [4.69, 9.17) is 28.6 Å². The lowest BCUT2D eigenvalue weighted by Gasteiger charge is -2.22. The number of nitrogens with one attached hydrogen (secondary N) is 1. The predicted octanol–water partition coefficient (Wildman–Crippen LogP) is 4.76. The first-order valence-corrected chi connectivity index (χ1v) is 8.19. The van der Waals surface area contributed by atoms with Crippen LogP contribution in [0.15, 0.2) is 54.2 Å². The Morgan fingerprint density at radius 2 is 2.21 bits per heavy atom. The molecule has 0 aliphatic heterocycles. The van der Waals surface area contributed by atoms with Crippen LogP contribution in [0.5, 0.6) is 5.75 Å². The van der Waals surface area contributed by atoms with Crippen LogP contribution in [0, 0.1) is 6.92 Å². The summed E-state index contributed by atoms with van der Waals surface area (Å²) >= 11 is 11.2. The molecule has 0 saturated carbocycles. The number of allylic oxidation sites excluding steroid dienone is 3. The molecule has 24 heavy (non-hydrogen) atoms. The molecule has 0 bridgehead atoms. The third-order valence-corrected chi connectivity index (χ3v) is 3.54. The fourth-order valence-electron chi connectivity index (χ4n) is 1.89. The summed E-state index contributed by atoms with van der Waals surface area (Å²) in [7, 11) is 0. The van der Waals surface area contributed by atoms with Gasteiger partial charge in [0.05, 0.1) is 17.3 Å². The summed E-state index contributed by atoms with van der Waals surface area (Å²) in [5.41, 5.74) is 2.07. The molecule has 0 aliphatic rings. The van der Waals surface area contributed by atoms with Crippen LogP contribution in [0.25, 0.3) is 0 Å². The van der Waals surface area contributed by atoms with Crippen molar-refractivity contribution in [3.8, 4) is 5.75 Å². The summed E-state index contributed by atoms with van der Waals surface area (Å²) in [5.74, 6) is 0.791. The van der Waals surface area contributed by atoms with E-state index in [1.807, 2.05) is 32.0 Å². The van der Waals surface area contributed by atoms with E-state index in [1.54, 1.807) is 6.08 Å². The zero-order chi connectivity index (χ0) is 18.1. The second kappa shape index (κ2) is 9.90. The lowest BCUT2D eigenvalue weighted by Crippen LogP contribution is -2.33. The van der Waals surface area contributed by atoms with Crippen LogP contribution in [0.4, 0.5) is 5.69 Å². The smallest absolute Gasteiger partial charge is 0.220 e. The number of ether oxygens (including phenoxy) is 1. The minimum absolute atomic E-state index is 0.185. The molecule has 0 radical (unpaired) electrons. The Kier molecular flexibility index (Phi) is 8.22. The molecule has 0 aliphatic carbocycles. The largest absolute Gasteiger partial charge is 0.494 e. The van der Waals surface area contributed by atoms with Gasteiger partial charge < -0.3 is 10.1 Å². The highest BCUT2D eigenvalue weighted by molar-refractivity contribution is 7.80. The van der Waals surface area contributed by atoms with Gasteiger partial charge in [0.25, 0.3) is 0 Å². The van der Waals surface area contributed by atoms with Gasteiger partial charge in [-0.25, -0.2) is 0 Å². The van der Waals surface area contributed by atoms with Gasteiger partial charge in [-0.15, -0.1) is 0 Å². The Bertz CT molecular complexity index is 671. The molecule has 0 saturated heterocycles. The molecule has 0 spiro atoms. The third kappa shape index (κ3) is 5.51. The van der Waals surface area contributed by atoms with Crippen LogP contribution in [-0.2, 0) is 4.79 Å². The molecule has 1 aromatic carbocycles. The Hall–Kier alpha value is -2.11. The minimum Gasteiger partial charge on any atom is -0.494 e. The number of aryl methyl sites for hydroxylation is 1. The number of thiocarbonyl (C=S) groups is 1. The zero-order valence-corrected chi connectivity index (χ0v) is 15.4. The van der Waals surface area contributed by atoms with Crippen molar-refractivity contribution < 1.29 is 9.53 Å². The van der Waals surface area contributed by atoms with Crippen LogP contribution in [0.2, 0.25) is 0 Å². The highest BCUT2D eigenvalue weighted by Crippen LogP contribution is 2.23. The van der Waals surface area contributed by atoms with Crippen molar-refractivity contribution in [2.75, 3.05) is 11.9 Å². The minimum atomic E-state index is 0.185. The number of carbonyl (C=O) groups excluding carboxylic acids is 1. The molecule has 6 heteroatoms. The van der Waals surface area contributed by atoms with E-state index in [0.29, 0.717) is 18.7 Å². The molecule has 0 unspecified atom stereocenters. The lowest BCUT2D eigenvalue weighted by molar-refractivity contribution is -0.113. The number of hydrogen-bond donors (Lipinski definition) is 1. The summed E-state index contributed by atoms with van der Waals surface area (Å²) in [5, 5.41) is 3.41. The van der Waals surface area contributed by atoms with Crippen LogP contribution in [0.1, 0.15) is 18.9 Å². The van der Waals surface area contributed by atoms with Crippen molar-refractivity contribution in [2.45, 2.75) is 20.3 Å². The molecule has 0 fully saturated rings. The van der Waals surface area contributed by atoms with Crippen molar-refractivity contribution >= 4 is 41.0 Å². The maximum atomic E-state index is 11.4. The highest BCUT2D eigenvalue weighted by atomic mass is 35.5. The monoisotopic (exact) mass is 364 g/mol. The lowest BCUT2D eigenvalue weighted by atomic mass is 10.2. The van der Waals surface area contributed by atoms with E-state index in [1.165, 1.54) is 11.0 Å². The zero-order valence-electron chi connectivity index (χ0n) is 13.8. The molecule has 1 N–H and O–H groups in total. The van der Waals surface area contributed by atoms with Gasteiger partial charge in [0.2, 0.25) is 6.41 Å². The second-order valence-electron chi connectivity index (χ2n) is 4.92. The fraction of sp³-hybridized carbons (Fsp3) is 0.222. The first-order chi connectivity index (χ1) is 11.4. The fourth-order valence-corrected chi connectivity index (χ4v) is 2.29. The number of halogens is 1. The van der Waals surface area contributed by atoms with Gasteiger partial charge in [-0.05, 0) is 55.4 Å². The van der Waals surface area contributed by atoms with Gasteiger partial charge in [-0.2, -0.15) is 0 Å². The van der Waals surface area contributed by atoms with Gasteiger partial charge in [-0.1, -0.05) is 37.8 Å². The van der Waals surface area contributed by atoms with Gasteiger partial charge in [0.1, 0.15) is 5.75 Å². The van der Waals surface area contributed by atoms with Crippen LogP contribution < -0.4 is 10.1 Å². The summed E-state index contributed by atoms with van der Waals surface area (Å²) in [4.78, 5) is 12.6. The van der Waals surface area contributed by atoms with Gasteiger partial charge in [0.15, 0.2) is 5.11 Å². The van der Waals surface area contributed by atoms with E-state index < -0.39 is 0 Å². The van der Waals surface area contributed by atoms with Crippen LogP contribution in [0.3, 0.4) is 0 Å². The van der Waals surface area contributed by atoms with E-state index in [2.05, 4.69) is 18.5 Å². The standard InChI is InChI=1S/C18H21ClN2O2S/c1-5-7-17(14(4)19)21(12-22)18(24)20-16-9-8-15(11-13(16)3)23-10-6-2/h5,7-9,11-12H,1,4,6,10H2,2-3H3,(H,20,24)/b17-7+. The second-order valence-corrected chi connectivity index (χ2v) is 5.77. The number of anilines is 1. The normalized spacial score (nSPS) is 10.7. The van der Waals surface area contributed by atoms with Crippen molar-refractivity contribution in [3.63, 3.8) is 0 Å². The van der Waals surface area contributed by atoms with Crippen molar-refractivity contribution in [1.82, 2.24) is 4.90 Å². The third-order valence-electron chi connectivity index (χ3n) is 3.05. The van der Waals surface area contributed by atoms with Crippen LogP contribution in [-0.4, -0.2) is 23.0 Å². The van der Waals surface area contributed by atoms with E-state index >= 15 is 0 Å². The Morgan fingerprint density at radius 3 is 2.71 bits per heavy atom. The average molecular weight is 365 g/mol. The van der Waals surface area contributed by atoms with Gasteiger partial charge in [0, 0.05) is 5.69 Å². The summed E-state index contributed by atoms with van der Waals surface area (Å²) < 4.78 is 5.59. The number of benzene rings is 1. The maximum Gasteiger partial charge on any atom is 0.220 e. The molecule has 0 heterocycles. The molecular formula is C18H21ClN2O2S. The average Bonchev–Trinajstić information content (AvgIpc) is 2.54. The molecule has 4 nitrogen and oxygen atoms in total. The van der Waals surface area contributed by atoms with Crippen molar-refractivity contribution in [1.29, 1.82) is 0 Å². The van der Waals surface area contributed by atoms with Gasteiger partial charge >= 0.3 is 0 Å². The first kappa shape index (κ1) is 19.9. The van der Waals surface area contributed by atoms with E-state index in [-0.39, 0.29) is 10.1 Å².